The fourth-order valence-electron chi connectivity index (χ4n) is 3.43. The summed E-state index contributed by atoms with van der Waals surface area (Å²) in [5, 5.41) is 3.24. The predicted octanol–water partition coefficient (Wildman–Crippen LogP) is 4.19. The summed E-state index contributed by atoms with van der Waals surface area (Å²) in [6.45, 7) is 5.10. The second kappa shape index (κ2) is 8.10. The van der Waals surface area contributed by atoms with Crippen molar-refractivity contribution in [2.45, 2.75) is 52.0 Å². The molecular formula is C20H26N4O. The van der Waals surface area contributed by atoms with Crippen LogP contribution in [-0.4, -0.2) is 33.4 Å². The number of carbonyl (C=O) groups is 1. The fourth-order valence-corrected chi connectivity index (χ4v) is 3.43. The van der Waals surface area contributed by atoms with Gasteiger partial charge in [-0.05, 0) is 43.7 Å². The number of aryl methyl sites for hydroxylation is 1. The highest BCUT2D eigenvalue weighted by Crippen LogP contribution is 2.22. The van der Waals surface area contributed by atoms with Crippen LogP contribution in [0.25, 0.3) is 0 Å². The minimum Gasteiger partial charge on any atom is -0.336 e. The summed E-state index contributed by atoms with van der Waals surface area (Å²) in [5.41, 5.74) is 2.78. The van der Waals surface area contributed by atoms with Crippen molar-refractivity contribution >= 4 is 17.5 Å². The van der Waals surface area contributed by atoms with Gasteiger partial charge in [0.2, 0.25) is 5.95 Å². The van der Waals surface area contributed by atoms with E-state index in [1.807, 2.05) is 23.1 Å². The molecule has 1 fully saturated rings. The molecule has 5 nitrogen and oxygen atoms in total. The van der Waals surface area contributed by atoms with Gasteiger partial charge in [-0.15, -0.1) is 0 Å². The third-order valence-electron chi connectivity index (χ3n) is 4.90. The number of amides is 1. The van der Waals surface area contributed by atoms with Crippen molar-refractivity contribution in [3.05, 3.63) is 47.8 Å². The van der Waals surface area contributed by atoms with E-state index in [0.717, 1.165) is 37.9 Å². The summed E-state index contributed by atoms with van der Waals surface area (Å²) >= 11 is 0. The van der Waals surface area contributed by atoms with Gasteiger partial charge >= 0.3 is 0 Å². The molecule has 3 rings (SSSR count). The van der Waals surface area contributed by atoms with Crippen LogP contribution in [0.1, 0.15) is 55.5 Å². The van der Waals surface area contributed by atoms with Crippen LogP contribution in [0, 0.1) is 0 Å². The maximum atomic E-state index is 12.8. The Morgan fingerprint density at radius 3 is 2.68 bits per heavy atom. The zero-order valence-electron chi connectivity index (χ0n) is 15.0. The Kier molecular flexibility index (Phi) is 5.64. The Balaban J connectivity index is 1.72. The Labute approximate surface area is 149 Å². The third kappa shape index (κ3) is 3.98. The van der Waals surface area contributed by atoms with Gasteiger partial charge in [-0.1, -0.05) is 32.0 Å². The Morgan fingerprint density at radius 2 is 1.96 bits per heavy atom. The molecule has 132 valence electrons. The van der Waals surface area contributed by atoms with Crippen molar-refractivity contribution in [2.75, 3.05) is 11.9 Å². The lowest BCUT2D eigenvalue weighted by Crippen LogP contribution is -2.43. The minimum absolute atomic E-state index is 0.0482. The van der Waals surface area contributed by atoms with Crippen LogP contribution in [0.2, 0.25) is 0 Å². The van der Waals surface area contributed by atoms with Gasteiger partial charge in [0.15, 0.2) is 0 Å². The third-order valence-corrected chi connectivity index (χ3v) is 4.90. The number of anilines is 2. The molecular weight excluding hydrogens is 312 g/mol. The van der Waals surface area contributed by atoms with Crippen molar-refractivity contribution in [2.24, 2.45) is 0 Å². The van der Waals surface area contributed by atoms with Crippen molar-refractivity contribution in [1.29, 1.82) is 0 Å². The second-order valence-corrected chi connectivity index (χ2v) is 6.49. The zero-order valence-corrected chi connectivity index (χ0v) is 15.0. The van der Waals surface area contributed by atoms with Gasteiger partial charge < -0.3 is 10.2 Å². The standard InChI is InChI=1S/C20H26N4O/c1-3-15-9-5-6-11-18(15)23-20-21-13-16(14-22-20)19(25)24-12-8-7-10-17(24)4-2/h5-6,9,11,13-14,17H,3-4,7-8,10,12H2,1-2H3,(H,21,22,23). The van der Waals surface area contributed by atoms with Crippen LogP contribution >= 0.6 is 0 Å². The Hall–Kier alpha value is -2.43. The minimum atomic E-state index is 0.0482. The molecule has 0 spiro atoms. The average Bonchev–Trinajstić information content (AvgIpc) is 2.68. The quantitative estimate of drug-likeness (QED) is 0.888. The monoisotopic (exact) mass is 338 g/mol. The molecule has 2 heterocycles. The molecule has 1 N–H and O–H groups in total. The van der Waals surface area contributed by atoms with Gasteiger partial charge in [0.05, 0.1) is 5.56 Å². The summed E-state index contributed by atoms with van der Waals surface area (Å²) in [6.07, 6.45) is 8.58. The molecule has 1 aliphatic rings. The molecule has 1 aliphatic heterocycles. The fraction of sp³-hybridized carbons (Fsp3) is 0.450. The van der Waals surface area contributed by atoms with Crippen molar-refractivity contribution in [3.8, 4) is 0 Å². The summed E-state index contributed by atoms with van der Waals surface area (Å²) < 4.78 is 0. The van der Waals surface area contributed by atoms with E-state index in [1.165, 1.54) is 12.0 Å². The molecule has 1 amide bonds. The summed E-state index contributed by atoms with van der Waals surface area (Å²) in [7, 11) is 0. The number of hydrogen-bond acceptors (Lipinski definition) is 4. The summed E-state index contributed by atoms with van der Waals surface area (Å²) in [5.74, 6) is 0.565. The lowest BCUT2D eigenvalue weighted by molar-refractivity contribution is 0.0607. The smallest absolute Gasteiger partial charge is 0.257 e. The molecule has 0 radical (unpaired) electrons. The van der Waals surface area contributed by atoms with Crippen LogP contribution in [0.3, 0.4) is 0 Å². The van der Waals surface area contributed by atoms with Gasteiger partial charge in [-0.25, -0.2) is 9.97 Å². The Bertz CT molecular complexity index is 714. The van der Waals surface area contributed by atoms with Gasteiger partial charge in [0, 0.05) is 30.7 Å². The number of benzene rings is 1. The van der Waals surface area contributed by atoms with E-state index in [1.54, 1.807) is 12.4 Å². The van der Waals surface area contributed by atoms with E-state index in [4.69, 9.17) is 0 Å². The predicted molar refractivity (Wildman–Crippen MR) is 100 cm³/mol. The molecule has 1 aromatic heterocycles. The molecule has 0 saturated carbocycles. The molecule has 2 aromatic rings. The first kappa shape index (κ1) is 17.4. The van der Waals surface area contributed by atoms with Crippen molar-refractivity contribution < 1.29 is 4.79 Å². The molecule has 1 atom stereocenters. The molecule has 1 saturated heterocycles. The first-order valence-corrected chi connectivity index (χ1v) is 9.20. The molecule has 0 aliphatic carbocycles. The number of nitrogens with one attached hydrogen (secondary N) is 1. The number of rotatable bonds is 5. The molecule has 25 heavy (non-hydrogen) atoms. The maximum absolute atomic E-state index is 12.8. The van der Waals surface area contributed by atoms with E-state index < -0.39 is 0 Å². The lowest BCUT2D eigenvalue weighted by atomic mass is 9.99. The molecule has 0 bridgehead atoms. The van der Waals surface area contributed by atoms with Crippen molar-refractivity contribution in [1.82, 2.24) is 14.9 Å². The van der Waals surface area contributed by atoms with Crippen LogP contribution in [0.5, 0.6) is 0 Å². The topological polar surface area (TPSA) is 58.1 Å². The number of likely N-dealkylation sites (tertiary alicyclic amines) is 1. The first-order chi connectivity index (χ1) is 12.2. The van der Waals surface area contributed by atoms with E-state index in [9.17, 15) is 4.79 Å². The van der Waals surface area contributed by atoms with E-state index in [2.05, 4.69) is 35.2 Å². The van der Waals surface area contributed by atoms with Crippen LogP contribution in [0.15, 0.2) is 36.7 Å². The number of carbonyl (C=O) groups excluding carboxylic acids is 1. The van der Waals surface area contributed by atoms with Gasteiger partial charge in [0.1, 0.15) is 0 Å². The Morgan fingerprint density at radius 1 is 1.20 bits per heavy atom. The number of piperidine rings is 1. The highest BCUT2D eigenvalue weighted by molar-refractivity contribution is 5.94. The summed E-state index contributed by atoms with van der Waals surface area (Å²) in [4.78, 5) is 23.4. The van der Waals surface area contributed by atoms with Gasteiger partial charge in [-0.2, -0.15) is 0 Å². The number of nitrogens with zero attached hydrogens (tertiary/aromatic N) is 3. The normalized spacial score (nSPS) is 17.4. The highest BCUT2D eigenvalue weighted by atomic mass is 16.2. The number of aromatic nitrogens is 2. The SMILES string of the molecule is CCc1ccccc1Nc1ncc(C(=O)N2CCCCC2CC)cn1. The molecule has 1 unspecified atom stereocenters. The van der Waals surface area contributed by atoms with E-state index in [0.29, 0.717) is 17.6 Å². The largest absolute Gasteiger partial charge is 0.336 e. The number of para-hydroxylation sites is 1. The van der Waals surface area contributed by atoms with Gasteiger partial charge in [-0.3, -0.25) is 4.79 Å². The highest BCUT2D eigenvalue weighted by Gasteiger charge is 2.26. The second-order valence-electron chi connectivity index (χ2n) is 6.49. The van der Waals surface area contributed by atoms with Crippen molar-refractivity contribution in [3.63, 3.8) is 0 Å². The van der Waals surface area contributed by atoms with Crippen LogP contribution in [-0.2, 0) is 6.42 Å². The number of hydrogen-bond donors (Lipinski definition) is 1. The van der Waals surface area contributed by atoms with E-state index >= 15 is 0 Å². The molecule has 1 aromatic carbocycles. The maximum Gasteiger partial charge on any atom is 0.257 e. The summed E-state index contributed by atoms with van der Waals surface area (Å²) in [6, 6.07) is 8.45. The average molecular weight is 338 g/mol. The lowest BCUT2D eigenvalue weighted by Gasteiger charge is -2.35. The first-order valence-electron chi connectivity index (χ1n) is 9.20. The van der Waals surface area contributed by atoms with Crippen LogP contribution < -0.4 is 5.32 Å². The van der Waals surface area contributed by atoms with E-state index in [-0.39, 0.29) is 5.91 Å². The zero-order chi connectivity index (χ0) is 17.6. The van der Waals surface area contributed by atoms with Crippen LogP contribution in [0.4, 0.5) is 11.6 Å². The van der Waals surface area contributed by atoms with Gasteiger partial charge in [0.25, 0.3) is 5.91 Å². The molecule has 5 heteroatoms.